The number of hydrogen-bond donors (Lipinski definition) is 2. The Labute approximate surface area is 158 Å². The summed E-state index contributed by atoms with van der Waals surface area (Å²) in [5.41, 5.74) is -0.155. The molecule has 0 aliphatic carbocycles. The second-order valence-electron chi connectivity index (χ2n) is 5.91. The number of methoxy groups -OCH3 is 1. The van der Waals surface area contributed by atoms with E-state index in [4.69, 9.17) is 4.74 Å². The van der Waals surface area contributed by atoms with E-state index in [1.165, 1.54) is 42.0 Å². The molecule has 0 saturated heterocycles. The van der Waals surface area contributed by atoms with Gasteiger partial charge in [-0.05, 0) is 49.7 Å². The minimum atomic E-state index is -3.95. The standard InChI is InChI=1S/C18H23N3O5S/c1-4-11-19-17(22)12-21-13(2)5-10-16(18(21)23)20-27(24,25)15-8-6-14(26-3)7-9-15/h5-10,20H,4,11-12H2,1-3H3,(H,19,22). The van der Waals surface area contributed by atoms with E-state index in [-0.39, 0.29) is 23.0 Å². The van der Waals surface area contributed by atoms with Gasteiger partial charge in [-0.25, -0.2) is 8.42 Å². The fraction of sp³-hybridized carbons (Fsp3) is 0.333. The molecule has 2 aromatic rings. The summed E-state index contributed by atoms with van der Waals surface area (Å²) < 4.78 is 33.6. The molecule has 27 heavy (non-hydrogen) atoms. The highest BCUT2D eigenvalue weighted by Gasteiger charge is 2.18. The number of benzene rings is 1. The lowest BCUT2D eigenvalue weighted by Crippen LogP contribution is -2.35. The van der Waals surface area contributed by atoms with Gasteiger partial charge in [0, 0.05) is 12.2 Å². The first-order valence-corrected chi connectivity index (χ1v) is 9.91. The Morgan fingerprint density at radius 2 is 1.81 bits per heavy atom. The van der Waals surface area contributed by atoms with Crippen LogP contribution in [0.15, 0.2) is 46.1 Å². The van der Waals surface area contributed by atoms with E-state index in [1.807, 2.05) is 6.92 Å². The van der Waals surface area contributed by atoms with E-state index in [0.29, 0.717) is 18.0 Å². The number of nitrogens with zero attached hydrogens (tertiary/aromatic N) is 1. The highest BCUT2D eigenvalue weighted by Crippen LogP contribution is 2.18. The van der Waals surface area contributed by atoms with Crippen LogP contribution >= 0.6 is 0 Å². The van der Waals surface area contributed by atoms with Crippen LogP contribution in [0.5, 0.6) is 5.75 Å². The average Bonchev–Trinajstić information content (AvgIpc) is 2.65. The zero-order valence-electron chi connectivity index (χ0n) is 15.5. The van der Waals surface area contributed by atoms with E-state index in [1.54, 1.807) is 13.0 Å². The monoisotopic (exact) mass is 393 g/mol. The number of sulfonamides is 1. The van der Waals surface area contributed by atoms with E-state index >= 15 is 0 Å². The molecule has 146 valence electrons. The molecule has 2 rings (SSSR count). The number of carbonyl (C=O) groups is 1. The van der Waals surface area contributed by atoms with Gasteiger partial charge in [-0.15, -0.1) is 0 Å². The van der Waals surface area contributed by atoms with Gasteiger partial charge >= 0.3 is 0 Å². The third-order valence-electron chi connectivity index (χ3n) is 3.88. The molecule has 1 heterocycles. The number of anilines is 1. The maximum absolute atomic E-state index is 12.6. The van der Waals surface area contributed by atoms with Crippen LogP contribution in [-0.2, 0) is 21.4 Å². The maximum atomic E-state index is 12.6. The minimum Gasteiger partial charge on any atom is -0.497 e. The molecule has 1 aromatic carbocycles. The molecule has 0 atom stereocenters. The zero-order chi connectivity index (χ0) is 20.0. The van der Waals surface area contributed by atoms with Crippen LogP contribution in [0, 0.1) is 6.92 Å². The molecule has 9 heteroatoms. The highest BCUT2D eigenvalue weighted by molar-refractivity contribution is 7.92. The number of nitrogens with one attached hydrogen (secondary N) is 2. The number of pyridine rings is 1. The Kier molecular flexibility index (Phi) is 6.62. The van der Waals surface area contributed by atoms with Gasteiger partial charge in [0.1, 0.15) is 18.0 Å². The van der Waals surface area contributed by atoms with Crippen LogP contribution in [0.4, 0.5) is 5.69 Å². The predicted octanol–water partition coefficient (Wildman–Crippen LogP) is 1.49. The quantitative estimate of drug-likeness (QED) is 0.707. The van der Waals surface area contributed by atoms with Crippen molar-refractivity contribution in [1.82, 2.24) is 9.88 Å². The van der Waals surface area contributed by atoms with Crippen molar-refractivity contribution in [3.8, 4) is 5.75 Å². The minimum absolute atomic E-state index is 0.00415. The van der Waals surface area contributed by atoms with Gasteiger partial charge in [0.15, 0.2) is 0 Å². The van der Waals surface area contributed by atoms with Gasteiger partial charge in [-0.1, -0.05) is 6.92 Å². The second-order valence-corrected chi connectivity index (χ2v) is 7.59. The van der Waals surface area contributed by atoms with Gasteiger partial charge < -0.3 is 14.6 Å². The Morgan fingerprint density at radius 3 is 2.41 bits per heavy atom. The molecule has 1 amide bonds. The molecule has 0 bridgehead atoms. The Balaban J connectivity index is 2.29. The van der Waals surface area contributed by atoms with E-state index in [9.17, 15) is 18.0 Å². The lowest BCUT2D eigenvalue weighted by Gasteiger charge is -2.13. The first-order chi connectivity index (χ1) is 12.8. The Morgan fingerprint density at radius 1 is 1.15 bits per heavy atom. The third kappa shape index (κ3) is 5.10. The molecule has 0 saturated carbocycles. The van der Waals surface area contributed by atoms with E-state index in [0.717, 1.165) is 6.42 Å². The van der Waals surface area contributed by atoms with Gasteiger partial charge in [-0.3, -0.25) is 14.3 Å². The number of aryl methyl sites for hydroxylation is 1. The van der Waals surface area contributed by atoms with E-state index in [2.05, 4.69) is 10.0 Å². The number of ether oxygens (including phenoxy) is 1. The summed E-state index contributed by atoms with van der Waals surface area (Å²) in [6.45, 7) is 3.93. The lowest BCUT2D eigenvalue weighted by atomic mass is 10.3. The zero-order valence-corrected chi connectivity index (χ0v) is 16.3. The van der Waals surface area contributed by atoms with Crippen molar-refractivity contribution in [3.63, 3.8) is 0 Å². The van der Waals surface area contributed by atoms with Crippen LogP contribution < -0.4 is 20.3 Å². The van der Waals surface area contributed by atoms with Crippen LogP contribution in [0.2, 0.25) is 0 Å². The van der Waals surface area contributed by atoms with Crippen LogP contribution in [0.25, 0.3) is 0 Å². The summed E-state index contributed by atoms with van der Waals surface area (Å²) in [7, 11) is -2.47. The van der Waals surface area contributed by atoms with Crippen molar-refractivity contribution in [2.75, 3.05) is 18.4 Å². The fourth-order valence-corrected chi connectivity index (χ4v) is 3.42. The summed E-state index contributed by atoms with van der Waals surface area (Å²) in [6.07, 6.45) is 0.779. The summed E-state index contributed by atoms with van der Waals surface area (Å²) >= 11 is 0. The lowest BCUT2D eigenvalue weighted by molar-refractivity contribution is -0.121. The summed E-state index contributed by atoms with van der Waals surface area (Å²) in [4.78, 5) is 24.6. The number of rotatable bonds is 8. The molecule has 1 aromatic heterocycles. The molecule has 0 aliphatic rings. The molecule has 0 unspecified atom stereocenters. The van der Waals surface area contributed by atoms with Gasteiger partial charge in [0.05, 0.1) is 12.0 Å². The average molecular weight is 393 g/mol. The van der Waals surface area contributed by atoms with Crippen LogP contribution in [0.3, 0.4) is 0 Å². The number of hydrogen-bond acceptors (Lipinski definition) is 5. The largest absolute Gasteiger partial charge is 0.497 e. The summed E-state index contributed by atoms with van der Waals surface area (Å²) in [5, 5.41) is 2.69. The van der Waals surface area contributed by atoms with Crippen LogP contribution in [-0.4, -0.2) is 32.5 Å². The summed E-state index contributed by atoms with van der Waals surface area (Å²) in [5.74, 6) is 0.210. The second kappa shape index (κ2) is 8.72. The van der Waals surface area contributed by atoms with Crippen LogP contribution in [0.1, 0.15) is 19.0 Å². The Bertz CT molecular complexity index is 965. The van der Waals surface area contributed by atoms with Crippen molar-refractivity contribution in [2.24, 2.45) is 0 Å². The van der Waals surface area contributed by atoms with Gasteiger partial charge in [-0.2, -0.15) is 0 Å². The first-order valence-electron chi connectivity index (χ1n) is 8.42. The smallest absolute Gasteiger partial charge is 0.275 e. The fourth-order valence-electron chi connectivity index (χ4n) is 2.37. The molecular formula is C18H23N3O5S. The van der Waals surface area contributed by atoms with Crippen molar-refractivity contribution in [1.29, 1.82) is 0 Å². The van der Waals surface area contributed by atoms with Crippen molar-refractivity contribution >= 4 is 21.6 Å². The van der Waals surface area contributed by atoms with Crippen molar-refractivity contribution in [3.05, 3.63) is 52.4 Å². The molecular weight excluding hydrogens is 370 g/mol. The number of amides is 1. The maximum Gasteiger partial charge on any atom is 0.275 e. The first kappa shape index (κ1) is 20.5. The number of aromatic nitrogens is 1. The number of carbonyl (C=O) groups excluding carboxylic acids is 1. The molecule has 0 fully saturated rings. The Hall–Kier alpha value is -2.81. The normalized spacial score (nSPS) is 11.1. The van der Waals surface area contributed by atoms with E-state index < -0.39 is 15.6 Å². The van der Waals surface area contributed by atoms with Gasteiger partial charge in [0.2, 0.25) is 5.91 Å². The van der Waals surface area contributed by atoms with Gasteiger partial charge in [0.25, 0.3) is 15.6 Å². The highest BCUT2D eigenvalue weighted by atomic mass is 32.2. The SMILES string of the molecule is CCCNC(=O)Cn1c(C)ccc(NS(=O)(=O)c2ccc(OC)cc2)c1=O. The molecule has 0 radical (unpaired) electrons. The summed E-state index contributed by atoms with van der Waals surface area (Å²) in [6, 6.07) is 8.76. The molecule has 8 nitrogen and oxygen atoms in total. The third-order valence-corrected chi connectivity index (χ3v) is 5.26. The predicted molar refractivity (Wildman–Crippen MR) is 103 cm³/mol. The topological polar surface area (TPSA) is 106 Å². The van der Waals surface area contributed by atoms with Crippen molar-refractivity contribution in [2.45, 2.75) is 31.7 Å². The molecule has 0 spiro atoms. The van der Waals surface area contributed by atoms with Crippen molar-refractivity contribution < 1.29 is 17.9 Å². The molecule has 2 N–H and O–H groups in total. The molecule has 0 aliphatic heterocycles.